The molecule has 0 radical (unpaired) electrons. The first kappa shape index (κ1) is 17.0. The van der Waals surface area contributed by atoms with Crippen LogP contribution in [0.1, 0.15) is 32.3 Å². The van der Waals surface area contributed by atoms with Crippen molar-refractivity contribution in [1.82, 2.24) is 5.32 Å². The third-order valence-corrected chi connectivity index (χ3v) is 4.50. The molecule has 0 saturated heterocycles. The summed E-state index contributed by atoms with van der Waals surface area (Å²) in [5.74, 6) is -3.37. The maximum absolute atomic E-state index is 12.4. The van der Waals surface area contributed by atoms with Gasteiger partial charge in [0.25, 0.3) is 0 Å². The van der Waals surface area contributed by atoms with Crippen molar-refractivity contribution < 1.29 is 17.2 Å². The quantitative estimate of drug-likeness (QED) is 0.803. The van der Waals surface area contributed by atoms with E-state index in [1.165, 1.54) is 12.1 Å². The van der Waals surface area contributed by atoms with Crippen LogP contribution in [0.25, 0.3) is 0 Å². The molecule has 0 spiro atoms. The van der Waals surface area contributed by atoms with Gasteiger partial charge in [-0.3, -0.25) is 0 Å². The van der Waals surface area contributed by atoms with Gasteiger partial charge < -0.3 is 5.32 Å². The third kappa shape index (κ3) is 4.52. The van der Waals surface area contributed by atoms with Crippen LogP contribution in [-0.2, 0) is 16.3 Å². The molecule has 1 N–H and O–H groups in total. The number of halogens is 2. The minimum Gasteiger partial charge on any atom is -0.314 e. The summed E-state index contributed by atoms with van der Waals surface area (Å²) in [5.41, 5.74) is 0.942. The Balaban J connectivity index is 2.81. The standard InChI is InChI=1S/C14H21F2NO2S/c1-3-5-12(17-4-2)10-11-6-8-13(9-7-11)20(18,19)14(15)16/h6-9,12,14,17H,3-5,10H2,1-2H3. The lowest BCUT2D eigenvalue weighted by atomic mass is 10.0. The van der Waals surface area contributed by atoms with Crippen molar-refractivity contribution >= 4 is 9.84 Å². The van der Waals surface area contributed by atoms with E-state index in [0.29, 0.717) is 6.04 Å². The Kier molecular flexibility index (Phi) is 6.55. The molecule has 0 aliphatic carbocycles. The van der Waals surface area contributed by atoms with Crippen molar-refractivity contribution in [2.45, 2.75) is 49.8 Å². The van der Waals surface area contributed by atoms with Gasteiger partial charge in [-0.05, 0) is 37.1 Å². The molecule has 0 bridgehead atoms. The first-order valence-corrected chi connectivity index (χ1v) is 8.30. The lowest BCUT2D eigenvalue weighted by molar-refractivity contribution is 0.234. The summed E-state index contributed by atoms with van der Waals surface area (Å²) in [7, 11) is -4.49. The maximum atomic E-state index is 12.4. The van der Waals surface area contributed by atoms with Crippen LogP contribution in [0.3, 0.4) is 0 Å². The molecule has 1 rings (SSSR count). The van der Waals surface area contributed by atoms with Gasteiger partial charge in [0.1, 0.15) is 0 Å². The number of sulfone groups is 1. The molecule has 0 heterocycles. The van der Waals surface area contributed by atoms with Gasteiger partial charge in [-0.25, -0.2) is 8.42 Å². The highest BCUT2D eigenvalue weighted by Gasteiger charge is 2.26. The van der Waals surface area contributed by atoms with Crippen molar-refractivity contribution in [1.29, 1.82) is 0 Å². The molecule has 0 saturated carbocycles. The Labute approximate surface area is 119 Å². The van der Waals surface area contributed by atoms with Crippen LogP contribution in [0, 0.1) is 0 Å². The molecule has 0 amide bonds. The molecule has 0 aromatic heterocycles. The molecule has 6 heteroatoms. The number of hydrogen-bond donors (Lipinski definition) is 1. The second kappa shape index (κ2) is 7.69. The highest BCUT2D eigenvalue weighted by Crippen LogP contribution is 2.19. The largest absolute Gasteiger partial charge is 0.341 e. The Morgan fingerprint density at radius 2 is 1.75 bits per heavy atom. The topological polar surface area (TPSA) is 46.2 Å². The number of nitrogens with one attached hydrogen (secondary N) is 1. The monoisotopic (exact) mass is 305 g/mol. The summed E-state index contributed by atoms with van der Waals surface area (Å²) in [6, 6.07) is 6.05. The van der Waals surface area contributed by atoms with E-state index in [-0.39, 0.29) is 4.90 Å². The molecule has 1 aromatic rings. The van der Waals surface area contributed by atoms with Crippen LogP contribution in [-0.4, -0.2) is 26.8 Å². The van der Waals surface area contributed by atoms with E-state index >= 15 is 0 Å². The summed E-state index contributed by atoms with van der Waals surface area (Å²) in [5, 5.41) is 3.36. The Hall–Kier alpha value is -1.01. The van der Waals surface area contributed by atoms with E-state index in [0.717, 1.165) is 31.4 Å². The average Bonchev–Trinajstić information content (AvgIpc) is 2.39. The van der Waals surface area contributed by atoms with E-state index in [1.54, 1.807) is 12.1 Å². The zero-order valence-corrected chi connectivity index (χ0v) is 12.6. The predicted molar refractivity (Wildman–Crippen MR) is 75.7 cm³/mol. The minimum absolute atomic E-state index is 0.322. The van der Waals surface area contributed by atoms with Crippen molar-refractivity contribution in [2.24, 2.45) is 0 Å². The van der Waals surface area contributed by atoms with Gasteiger partial charge in [-0.2, -0.15) is 8.78 Å². The molecular weight excluding hydrogens is 284 g/mol. The SMILES string of the molecule is CCCC(Cc1ccc(S(=O)(=O)C(F)F)cc1)NCC. The van der Waals surface area contributed by atoms with Crippen LogP contribution in [0.4, 0.5) is 8.78 Å². The average molecular weight is 305 g/mol. The zero-order chi connectivity index (χ0) is 15.2. The molecule has 1 atom stereocenters. The Morgan fingerprint density at radius 3 is 2.20 bits per heavy atom. The molecule has 1 unspecified atom stereocenters. The van der Waals surface area contributed by atoms with E-state index in [1.807, 2.05) is 6.92 Å². The normalized spacial score (nSPS) is 13.7. The van der Waals surface area contributed by atoms with Gasteiger partial charge >= 0.3 is 5.76 Å². The summed E-state index contributed by atoms with van der Waals surface area (Å²) in [4.78, 5) is -0.327. The smallest absolute Gasteiger partial charge is 0.314 e. The van der Waals surface area contributed by atoms with E-state index < -0.39 is 15.6 Å². The van der Waals surface area contributed by atoms with Crippen LogP contribution < -0.4 is 5.32 Å². The molecule has 3 nitrogen and oxygen atoms in total. The van der Waals surface area contributed by atoms with Crippen LogP contribution in [0.15, 0.2) is 29.2 Å². The summed E-state index contributed by atoms with van der Waals surface area (Å²) < 4.78 is 47.4. The third-order valence-electron chi connectivity index (χ3n) is 3.10. The molecule has 20 heavy (non-hydrogen) atoms. The summed E-state index contributed by atoms with van der Waals surface area (Å²) in [6.45, 7) is 4.99. The fourth-order valence-electron chi connectivity index (χ4n) is 2.12. The molecule has 0 aliphatic heterocycles. The van der Waals surface area contributed by atoms with Gasteiger partial charge in [0.15, 0.2) is 0 Å². The van der Waals surface area contributed by atoms with E-state index in [9.17, 15) is 17.2 Å². The number of likely N-dealkylation sites (N-methyl/N-ethyl adjacent to an activating group) is 1. The van der Waals surface area contributed by atoms with Crippen molar-refractivity contribution in [3.05, 3.63) is 29.8 Å². The van der Waals surface area contributed by atoms with Crippen molar-refractivity contribution in [2.75, 3.05) is 6.54 Å². The Bertz CT molecular complexity index is 494. The van der Waals surface area contributed by atoms with Gasteiger partial charge in [0.2, 0.25) is 9.84 Å². The minimum atomic E-state index is -4.49. The molecule has 0 aliphatic rings. The first-order chi connectivity index (χ1) is 9.41. The summed E-state index contributed by atoms with van der Waals surface area (Å²) >= 11 is 0. The molecule has 114 valence electrons. The highest BCUT2D eigenvalue weighted by atomic mass is 32.2. The van der Waals surface area contributed by atoms with Crippen LogP contribution in [0.2, 0.25) is 0 Å². The van der Waals surface area contributed by atoms with Crippen LogP contribution >= 0.6 is 0 Å². The van der Waals surface area contributed by atoms with Crippen molar-refractivity contribution in [3.8, 4) is 0 Å². The van der Waals surface area contributed by atoms with Gasteiger partial charge in [-0.1, -0.05) is 32.4 Å². The zero-order valence-electron chi connectivity index (χ0n) is 11.8. The number of alkyl halides is 2. The number of benzene rings is 1. The molecule has 1 aromatic carbocycles. The summed E-state index contributed by atoms with van der Waals surface area (Å²) in [6.07, 6.45) is 2.83. The van der Waals surface area contributed by atoms with E-state index in [2.05, 4.69) is 12.2 Å². The maximum Gasteiger partial charge on any atom is 0.341 e. The number of rotatable bonds is 8. The fourth-order valence-corrected chi connectivity index (χ4v) is 2.84. The highest BCUT2D eigenvalue weighted by molar-refractivity contribution is 7.91. The van der Waals surface area contributed by atoms with E-state index in [4.69, 9.17) is 0 Å². The van der Waals surface area contributed by atoms with Gasteiger partial charge in [-0.15, -0.1) is 0 Å². The van der Waals surface area contributed by atoms with Gasteiger partial charge in [0, 0.05) is 6.04 Å². The van der Waals surface area contributed by atoms with Crippen LogP contribution in [0.5, 0.6) is 0 Å². The predicted octanol–water partition coefficient (Wildman–Crippen LogP) is 3.00. The second-order valence-electron chi connectivity index (χ2n) is 4.70. The fraction of sp³-hybridized carbons (Fsp3) is 0.571. The van der Waals surface area contributed by atoms with Gasteiger partial charge in [0.05, 0.1) is 4.90 Å². The number of hydrogen-bond acceptors (Lipinski definition) is 3. The molecular formula is C14H21F2NO2S. The van der Waals surface area contributed by atoms with Crippen molar-refractivity contribution in [3.63, 3.8) is 0 Å². The first-order valence-electron chi connectivity index (χ1n) is 6.76. The Morgan fingerprint density at radius 1 is 1.15 bits per heavy atom. The lowest BCUT2D eigenvalue weighted by Gasteiger charge is -2.17. The molecule has 0 fully saturated rings. The second-order valence-corrected chi connectivity index (χ2v) is 6.61. The lowest BCUT2D eigenvalue weighted by Crippen LogP contribution is -2.30.